The van der Waals surface area contributed by atoms with Crippen molar-refractivity contribution >= 4 is 11.9 Å². The van der Waals surface area contributed by atoms with E-state index in [1.807, 2.05) is 36.4 Å². The summed E-state index contributed by atoms with van der Waals surface area (Å²) in [6.45, 7) is 1.81. The first-order valence-corrected chi connectivity index (χ1v) is 8.58. The molecular weight excluding hydrogens is 336 g/mol. The third kappa shape index (κ3) is 2.88. The van der Waals surface area contributed by atoms with Gasteiger partial charge in [0, 0.05) is 0 Å². The van der Waals surface area contributed by atoms with Gasteiger partial charge >= 0.3 is 11.9 Å². The van der Waals surface area contributed by atoms with Crippen molar-refractivity contribution in [2.24, 2.45) is 11.8 Å². The van der Waals surface area contributed by atoms with Crippen LogP contribution < -0.4 is 4.74 Å². The number of fused-ring (bicyclic) bond motifs is 2. The standard InChI is InChI=1S/C20H24O6/c1-19-10-11-20(26-19,9-8-13-6-5-7-14(12-13)23-2)16(18(22)25-4)15(19)17(21)24-3/h5-7,10-12,15-16H,8-9H2,1-4H3/t15-,16+,19-,20+/m1/s1. The molecule has 0 unspecified atom stereocenters. The van der Waals surface area contributed by atoms with Crippen LogP contribution in [0.25, 0.3) is 0 Å². The van der Waals surface area contributed by atoms with E-state index in [1.54, 1.807) is 14.0 Å². The Morgan fingerprint density at radius 2 is 1.77 bits per heavy atom. The van der Waals surface area contributed by atoms with Crippen molar-refractivity contribution in [3.63, 3.8) is 0 Å². The number of hydrogen-bond donors (Lipinski definition) is 0. The molecule has 1 saturated heterocycles. The zero-order valence-corrected chi connectivity index (χ0v) is 15.5. The van der Waals surface area contributed by atoms with Crippen molar-refractivity contribution in [1.29, 1.82) is 0 Å². The highest BCUT2D eigenvalue weighted by atomic mass is 16.6. The summed E-state index contributed by atoms with van der Waals surface area (Å²) >= 11 is 0. The number of aryl methyl sites for hydroxylation is 1. The maximum atomic E-state index is 12.5. The molecular formula is C20H24O6. The number of rotatable bonds is 6. The van der Waals surface area contributed by atoms with E-state index >= 15 is 0 Å². The zero-order chi connectivity index (χ0) is 18.9. The van der Waals surface area contributed by atoms with E-state index in [-0.39, 0.29) is 0 Å². The van der Waals surface area contributed by atoms with Crippen LogP contribution >= 0.6 is 0 Å². The van der Waals surface area contributed by atoms with Gasteiger partial charge in [-0.25, -0.2) is 0 Å². The van der Waals surface area contributed by atoms with Gasteiger partial charge in [0.05, 0.1) is 26.9 Å². The Kier molecular flexibility index (Phi) is 4.80. The second-order valence-corrected chi connectivity index (χ2v) is 6.93. The summed E-state index contributed by atoms with van der Waals surface area (Å²) in [5.74, 6) is -1.61. The summed E-state index contributed by atoms with van der Waals surface area (Å²) in [6.07, 6.45) is 4.96. The fraction of sp³-hybridized carbons (Fsp3) is 0.500. The highest BCUT2D eigenvalue weighted by Crippen LogP contribution is 2.56. The minimum absolute atomic E-state index is 0.459. The van der Waals surface area contributed by atoms with E-state index < -0.39 is 35.0 Å². The Labute approximate surface area is 153 Å². The van der Waals surface area contributed by atoms with Gasteiger partial charge in [0.25, 0.3) is 0 Å². The lowest BCUT2D eigenvalue weighted by atomic mass is 9.69. The Hall–Kier alpha value is -2.34. The molecule has 2 heterocycles. The lowest BCUT2D eigenvalue weighted by Gasteiger charge is -2.31. The summed E-state index contributed by atoms with van der Waals surface area (Å²) in [7, 11) is 4.26. The third-order valence-electron chi connectivity index (χ3n) is 5.43. The van der Waals surface area contributed by atoms with Crippen molar-refractivity contribution in [3.05, 3.63) is 42.0 Å². The van der Waals surface area contributed by atoms with Crippen LogP contribution in [0.3, 0.4) is 0 Å². The highest BCUT2D eigenvalue weighted by molar-refractivity contribution is 5.86. The van der Waals surface area contributed by atoms with Crippen LogP contribution in [0.5, 0.6) is 5.75 Å². The van der Waals surface area contributed by atoms with Crippen LogP contribution in [0, 0.1) is 11.8 Å². The minimum atomic E-state index is -0.885. The smallest absolute Gasteiger partial charge is 0.312 e. The number of benzene rings is 1. The molecule has 0 spiro atoms. The number of ether oxygens (including phenoxy) is 4. The minimum Gasteiger partial charge on any atom is -0.497 e. The van der Waals surface area contributed by atoms with Gasteiger partial charge in [-0.2, -0.15) is 0 Å². The van der Waals surface area contributed by atoms with Crippen LogP contribution in [-0.4, -0.2) is 44.5 Å². The molecule has 0 aromatic heterocycles. The van der Waals surface area contributed by atoms with E-state index in [2.05, 4.69) is 0 Å². The van der Waals surface area contributed by atoms with Crippen molar-refractivity contribution in [3.8, 4) is 5.75 Å². The number of esters is 2. The van der Waals surface area contributed by atoms with E-state index in [0.717, 1.165) is 11.3 Å². The van der Waals surface area contributed by atoms with Crippen molar-refractivity contribution in [2.75, 3.05) is 21.3 Å². The van der Waals surface area contributed by atoms with Crippen molar-refractivity contribution in [2.45, 2.75) is 31.0 Å². The van der Waals surface area contributed by atoms with Gasteiger partial charge < -0.3 is 18.9 Å². The van der Waals surface area contributed by atoms with E-state index in [0.29, 0.717) is 12.8 Å². The lowest BCUT2D eigenvalue weighted by molar-refractivity contribution is -0.158. The first kappa shape index (κ1) is 18.5. The van der Waals surface area contributed by atoms with Gasteiger partial charge in [0.15, 0.2) is 0 Å². The molecule has 3 rings (SSSR count). The average Bonchev–Trinajstić information content (AvgIpc) is 3.14. The molecule has 2 aliphatic heterocycles. The van der Waals surface area contributed by atoms with E-state index in [1.165, 1.54) is 14.2 Å². The summed E-state index contributed by atoms with van der Waals surface area (Å²) in [4.78, 5) is 24.9. The van der Waals surface area contributed by atoms with Gasteiger partial charge in [0.2, 0.25) is 0 Å². The predicted molar refractivity (Wildman–Crippen MR) is 93.7 cm³/mol. The van der Waals surface area contributed by atoms with Gasteiger partial charge in [-0.1, -0.05) is 24.3 Å². The number of carbonyl (C=O) groups excluding carboxylic acids is 2. The topological polar surface area (TPSA) is 71.1 Å². The molecule has 0 N–H and O–H groups in total. The first-order valence-electron chi connectivity index (χ1n) is 8.58. The molecule has 1 aromatic rings. The molecule has 2 bridgehead atoms. The molecule has 0 saturated carbocycles. The molecule has 6 nitrogen and oxygen atoms in total. The fourth-order valence-electron chi connectivity index (χ4n) is 4.15. The molecule has 6 heteroatoms. The van der Waals surface area contributed by atoms with Crippen LogP contribution in [0.2, 0.25) is 0 Å². The Morgan fingerprint density at radius 3 is 2.42 bits per heavy atom. The Balaban J connectivity index is 1.89. The van der Waals surface area contributed by atoms with Crippen LogP contribution in [-0.2, 0) is 30.2 Å². The summed E-state index contributed by atoms with van der Waals surface area (Å²) in [5.41, 5.74) is -0.696. The number of hydrogen-bond acceptors (Lipinski definition) is 6. The first-order chi connectivity index (χ1) is 12.4. The molecule has 2 aliphatic rings. The number of carbonyl (C=O) groups is 2. The van der Waals surface area contributed by atoms with Crippen molar-refractivity contribution < 1.29 is 28.5 Å². The Bertz CT molecular complexity index is 742. The van der Waals surface area contributed by atoms with Gasteiger partial charge in [-0.15, -0.1) is 0 Å². The van der Waals surface area contributed by atoms with Crippen LogP contribution in [0.1, 0.15) is 18.9 Å². The summed E-state index contributed by atoms with van der Waals surface area (Å²) < 4.78 is 21.4. The van der Waals surface area contributed by atoms with E-state index in [9.17, 15) is 9.59 Å². The molecule has 0 amide bonds. The second-order valence-electron chi connectivity index (χ2n) is 6.93. The largest absolute Gasteiger partial charge is 0.497 e. The van der Waals surface area contributed by atoms with E-state index in [4.69, 9.17) is 18.9 Å². The molecule has 26 heavy (non-hydrogen) atoms. The maximum absolute atomic E-state index is 12.5. The molecule has 4 atom stereocenters. The Morgan fingerprint density at radius 1 is 1.08 bits per heavy atom. The quantitative estimate of drug-likeness (QED) is 0.573. The third-order valence-corrected chi connectivity index (χ3v) is 5.43. The SMILES string of the molecule is COC(=O)[C@@H]1[C@H](C(=O)OC)[C@@]2(C)C=C[C@]1(CCc1cccc(OC)c1)O2. The summed E-state index contributed by atoms with van der Waals surface area (Å²) in [6, 6.07) is 7.75. The maximum Gasteiger partial charge on any atom is 0.312 e. The van der Waals surface area contributed by atoms with Gasteiger partial charge in [0.1, 0.15) is 23.2 Å². The molecule has 1 aromatic carbocycles. The zero-order valence-electron chi connectivity index (χ0n) is 15.5. The predicted octanol–water partition coefficient (Wildman–Crippen LogP) is 2.30. The second kappa shape index (κ2) is 6.76. The van der Waals surface area contributed by atoms with Crippen molar-refractivity contribution in [1.82, 2.24) is 0 Å². The fourth-order valence-corrected chi connectivity index (χ4v) is 4.15. The molecule has 1 fully saturated rings. The number of methoxy groups -OCH3 is 3. The van der Waals surface area contributed by atoms with Gasteiger partial charge in [-0.05, 0) is 37.5 Å². The van der Waals surface area contributed by atoms with Crippen LogP contribution in [0.4, 0.5) is 0 Å². The normalized spacial score (nSPS) is 31.7. The molecule has 0 aliphatic carbocycles. The van der Waals surface area contributed by atoms with Crippen LogP contribution in [0.15, 0.2) is 36.4 Å². The monoisotopic (exact) mass is 360 g/mol. The lowest BCUT2D eigenvalue weighted by Crippen LogP contribution is -2.46. The average molecular weight is 360 g/mol. The molecule has 140 valence electrons. The highest BCUT2D eigenvalue weighted by Gasteiger charge is 2.67. The molecule has 0 radical (unpaired) electrons. The van der Waals surface area contributed by atoms with Gasteiger partial charge in [-0.3, -0.25) is 9.59 Å². The summed E-state index contributed by atoms with van der Waals surface area (Å²) in [5, 5.41) is 0.